The third-order valence-electron chi connectivity index (χ3n) is 4.32. The molecule has 1 saturated heterocycles. The van der Waals surface area contributed by atoms with E-state index >= 15 is 0 Å². The highest BCUT2D eigenvalue weighted by atomic mass is 19.1. The molecule has 0 bridgehead atoms. The van der Waals surface area contributed by atoms with Crippen molar-refractivity contribution in [2.75, 3.05) is 6.54 Å². The number of rotatable bonds is 4. The van der Waals surface area contributed by atoms with Gasteiger partial charge in [-0.3, -0.25) is 0 Å². The van der Waals surface area contributed by atoms with Gasteiger partial charge in [-0.25, -0.2) is 4.39 Å². The van der Waals surface area contributed by atoms with Gasteiger partial charge in [-0.05, 0) is 42.6 Å². The van der Waals surface area contributed by atoms with E-state index < -0.39 is 0 Å². The molecule has 1 heterocycles. The molecule has 0 spiro atoms. The summed E-state index contributed by atoms with van der Waals surface area (Å²) in [5, 5.41) is 7.13. The SMILES string of the molecule is Cc1c(F)cccc1CN[C@H]1CCN[C@H]1c1ccccc1. The lowest BCUT2D eigenvalue weighted by Gasteiger charge is -2.22. The predicted octanol–water partition coefficient (Wildman–Crippen LogP) is 3.33. The standard InChI is InChI=1S/C18H21FN2/c1-13-15(8-5-9-16(13)19)12-21-17-10-11-20-18(17)14-6-3-2-4-7-14/h2-9,17-18,20-21H,10-12H2,1H3/t17-,18-/m0/s1. The number of benzene rings is 2. The lowest BCUT2D eigenvalue weighted by Crippen LogP contribution is -2.34. The molecular formula is C18H21FN2. The van der Waals surface area contributed by atoms with E-state index in [2.05, 4.69) is 34.9 Å². The summed E-state index contributed by atoms with van der Waals surface area (Å²) in [5.41, 5.74) is 3.09. The molecule has 2 N–H and O–H groups in total. The van der Waals surface area contributed by atoms with E-state index in [4.69, 9.17) is 0 Å². The lowest BCUT2D eigenvalue weighted by molar-refractivity contribution is 0.459. The van der Waals surface area contributed by atoms with Crippen LogP contribution in [0.5, 0.6) is 0 Å². The largest absolute Gasteiger partial charge is 0.309 e. The summed E-state index contributed by atoms with van der Waals surface area (Å²) in [6.07, 6.45) is 1.09. The normalized spacial score (nSPS) is 21.6. The Morgan fingerprint density at radius 1 is 1.14 bits per heavy atom. The van der Waals surface area contributed by atoms with Crippen LogP contribution >= 0.6 is 0 Å². The van der Waals surface area contributed by atoms with Gasteiger partial charge in [0.25, 0.3) is 0 Å². The molecule has 0 aromatic heterocycles. The molecule has 0 aliphatic carbocycles. The predicted molar refractivity (Wildman–Crippen MR) is 83.6 cm³/mol. The molecule has 110 valence electrons. The highest BCUT2D eigenvalue weighted by Crippen LogP contribution is 2.24. The maximum absolute atomic E-state index is 13.6. The van der Waals surface area contributed by atoms with Gasteiger partial charge in [0.15, 0.2) is 0 Å². The molecule has 21 heavy (non-hydrogen) atoms. The Bertz CT molecular complexity index is 597. The zero-order valence-electron chi connectivity index (χ0n) is 12.3. The minimum absolute atomic E-state index is 0.126. The highest BCUT2D eigenvalue weighted by molar-refractivity contribution is 5.27. The summed E-state index contributed by atoms with van der Waals surface area (Å²) in [7, 11) is 0. The van der Waals surface area contributed by atoms with Gasteiger partial charge in [-0.2, -0.15) is 0 Å². The molecule has 1 aliphatic heterocycles. The van der Waals surface area contributed by atoms with E-state index in [1.165, 1.54) is 11.6 Å². The molecule has 2 nitrogen and oxygen atoms in total. The van der Waals surface area contributed by atoms with Crippen LogP contribution in [0.4, 0.5) is 4.39 Å². The Hall–Kier alpha value is -1.71. The average Bonchev–Trinajstić information content (AvgIpc) is 2.98. The monoisotopic (exact) mass is 284 g/mol. The Kier molecular flexibility index (Phi) is 4.32. The topological polar surface area (TPSA) is 24.1 Å². The van der Waals surface area contributed by atoms with Gasteiger partial charge < -0.3 is 10.6 Å². The minimum Gasteiger partial charge on any atom is -0.309 e. The van der Waals surface area contributed by atoms with Crippen molar-refractivity contribution in [3.05, 3.63) is 71.0 Å². The molecule has 2 aromatic rings. The lowest BCUT2D eigenvalue weighted by atomic mass is 10.00. The minimum atomic E-state index is -0.126. The summed E-state index contributed by atoms with van der Waals surface area (Å²) >= 11 is 0. The van der Waals surface area contributed by atoms with Gasteiger partial charge in [0.2, 0.25) is 0 Å². The number of halogens is 1. The quantitative estimate of drug-likeness (QED) is 0.900. The smallest absolute Gasteiger partial charge is 0.126 e. The van der Waals surface area contributed by atoms with Crippen LogP contribution in [0, 0.1) is 12.7 Å². The first-order valence-corrected chi connectivity index (χ1v) is 7.51. The van der Waals surface area contributed by atoms with E-state index in [9.17, 15) is 4.39 Å². The second-order valence-electron chi connectivity index (χ2n) is 5.64. The molecule has 0 amide bonds. The van der Waals surface area contributed by atoms with Crippen molar-refractivity contribution in [1.29, 1.82) is 0 Å². The summed E-state index contributed by atoms with van der Waals surface area (Å²) < 4.78 is 13.6. The molecule has 0 radical (unpaired) electrons. The molecule has 1 fully saturated rings. The summed E-state index contributed by atoms with van der Waals surface area (Å²) in [4.78, 5) is 0. The van der Waals surface area contributed by atoms with Crippen LogP contribution in [-0.2, 0) is 6.54 Å². The fraction of sp³-hybridized carbons (Fsp3) is 0.333. The van der Waals surface area contributed by atoms with Crippen LogP contribution in [0.3, 0.4) is 0 Å². The molecule has 0 unspecified atom stereocenters. The van der Waals surface area contributed by atoms with Crippen LogP contribution < -0.4 is 10.6 Å². The van der Waals surface area contributed by atoms with Crippen LogP contribution in [-0.4, -0.2) is 12.6 Å². The Balaban J connectivity index is 1.68. The Morgan fingerprint density at radius 2 is 1.95 bits per heavy atom. The fourth-order valence-electron chi connectivity index (χ4n) is 3.02. The van der Waals surface area contributed by atoms with Gasteiger partial charge in [-0.1, -0.05) is 42.5 Å². The highest BCUT2D eigenvalue weighted by Gasteiger charge is 2.27. The Morgan fingerprint density at radius 3 is 2.76 bits per heavy atom. The van der Waals surface area contributed by atoms with Crippen LogP contribution in [0.15, 0.2) is 48.5 Å². The maximum atomic E-state index is 13.6. The molecule has 3 rings (SSSR count). The van der Waals surface area contributed by atoms with E-state index in [0.29, 0.717) is 18.6 Å². The molecular weight excluding hydrogens is 263 g/mol. The molecule has 3 heteroatoms. The molecule has 2 aromatic carbocycles. The van der Waals surface area contributed by atoms with Gasteiger partial charge in [0.05, 0.1) is 0 Å². The number of nitrogens with one attached hydrogen (secondary N) is 2. The first-order chi connectivity index (χ1) is 10.3. The first kappa shape index (κ1) is 14.2. The average molecular weight is 284 g/mol. The molecule has 2 atom stereocenters. The number of hydrogen-bond acceptors (Lipinski definition) is 2. The van der Waals surface area contributed by atoms with Gasteiger partial charge >= 0.3 is 0 Å². The second kappa shape index (κ2) is 6.37. The molecule has 0 saturated carbocycles. The van der Waals surface area contributed by atoms with Gasteiger partial charge in [-0.15, -0.1) is 0 Å². The van der Waals surface area contributed by atoms with E-state index in [1.807, 2.05) is 19.1 Å². The number of hydrogen-bond donors (Lipinski definition) is 2. The van der Waals surface area contributed by atoms with Crippen molar-refractivity contribution in [3.8, 4) is 0 Å². The van der Waals surface area contributed by atoms with Crippen molar-refractivity contribution in [2.45, 2.75) is 32.0 Å². The van der Waals surface area contributed by atoms with Gasteiger partial charge in [0, 0.05) is 18.6 Å². The van der Waals surface area contributed by atoms with Crippen LogP contribution in [0.2, 0.25) is 0 Å². The van der Waals surface area contributed by atoms with Crippen molar-refractivity contribution >= 4 is 0 Å². The zero-order valence-corrected chi connectivity index (χ0v) is 12.3. The van der Waals surface area contributed by atoms with E-state index in [-0.39, 0.29) is 5.82 Å². The fourth-order valence-corrected chi connectivity index (χ4v) is 3.02. The van der Waals surface area contributed by atoms with Crippen LogP contribution in [0.25, 0.3) is 0 Å². The van der Waals surface area contributed by atoms with Crippen molar-refractivity contribution in [2.24, 2.45) is 0 Å². The van der Waals surface area contributed by atoms with Crippen molar-refractivity contribution in [3.63, 3.8) is 0 Å². The molecule has 1 aliphatic rings. The first-order valence-electron chi connectivity index (χ1n) is 7.51. The third kappa shape index (κ3) is 3.14. The summed E-state index contributed by atoms with van der Waals surface area (Å²) in [5.74, 6) is -0.126. The Labute approximate surface area is 125 Å². The third-order valence-corrected chi connectivity index (χ3v) is 4.32. The summed E-state index contributed by atoms with van der Waals surface area (Å²) in [6.45, 7) is 3.56. The van der Waals surface area contributed by atoms with Crippen LogP contribution in [0.1, 0.15) is 29.2 Å². The summed E-state index contributed by atoms with van der Waals surface area (Å²) in [6, 6.07) is 16.5. The van der Waals surface area contributed by atoms with Crippen molar-refractivity contribution < 1.29 is 4.39 Å². The van der Waals surface area contributed by atoms with E-state index in [0.717, 1.165) is 24.1 Å². The van der Waals surface area contributed by atoms with E-state index in [1.54, 1.807) is 6.07 Å². The maximum Gasteiger partial charge on any atom is 0.126 e. The van der Waals surface area contributed by atoms with Crippen molar-refractivity contribution in [1.82, 2.24) is 10.6 Å². The van der Waals surface area contributed by atoms with Gasteiger partial charge in [0.1, 0.15) is 5.82 Å². The second-order valence-corrected chi connectivity index (χ2v) is 5.64. The zero-order chi connectivity index (χ0) is 14.7.